The molecule has 0 spiro atoms. The minimum atomic E-state index is -0.373. The second kappa shape index (κ2) is 10.7. The lowest BCUT2D eigenvalue weighted by Crippen LogP contribution is -2.12. The van der Waals surface area contributed by atoms with Gasteiger partial charge in [0.1, 0.15) is 11.5 Å². The first-order valence-corrected chi connectivity index (χ1v) is 12.1. The zero-order chi connectivity index (χ0) is 23.2. The van der Waals surface area contributed by atoms with Crippen LogP contribution in [0.1, 0.15) is 29.2 Å². The number of Topliss-reactive ketones (excluding diaryl/α,β-unsaturated/α-hetero) is 1. The predicted octanol–water partition coefficient (Wildman–Crippen LogP) is 6.15. The molecule has 0 aliphatic carbocycles. The molecule has 0 aliphatic heterocycles. The van der Waals surface area contributed by atoms with Gasteiger partial charge < -0.3 is 9.47 Å². The molecule has 0 aliphatic rings. The number of methoxy groups -OCH3 is 1. The van der Waals surface area contributed by atoms with Crippen LogP contribution < -0.4 is 9.47 Å². The zero-order valence-electron chi connectivity index (χ0n) is 18.1. The van der Waals surface area contributed by atoms with E-state index in [1.54, 1.807) is 7.11 Å². The van der Waals surface area contributed by atoms with E-state index in [9.17, 15) is 4.79 Å². The van der Waals surface area contributed by atoms with Gasteiger partial charge >= 0.3 is 0 Å². The summed E-state index contributed by atoms with van der Waals surface area (Å²) in [6, 6.07) is 24.6. The van der Waals surface area contributed by atoms with Gasteiger partial charge in [-0.1, -0.05) is 58.0 Å². The van der Waals surface area contributed by atoms with Crippen molar-refractivity contribution < 1.29 is 14.3 Å². The van der Waals surface area contributed by atoms with E-state index in [1.807, 2.05) is 90.4 Å². The van der Waals surface area contributed by atoms with Gasteiger partial charge in [0.2, 0.25) is 0 Å². The van der Waals surface area contributed by atoms with E-state index >= 15 is 0 Å². The Balaban J connectivity index is 1.57. The van der Waals surface area contributed by atoms with Crippen LogP contribution in [0.2, 0.25) is 0 Å². The number of carbonyl (C=O) groups is 1. The van der Waals surface area contributed by atoms with Crippen molar-refractivity contribution in [1.82, 2.24) is 14.8 Å². The van der Waals surface area contributed by atoms with Crippen molar-refractivity contribution in [2.75, 3.05) is 12.9 Å². The summed E-state index contributed by atoms with van der Waals surface area (Å²) >= 11 is 4.75. The first-order chi connectivity index (χ1) is 16.0. The number of aromatic nitrogens is 3. The molecule has 168 valence electrons. The molecule has 0 saturated heterocycles. The zero-order valence-corrected chi connectivity index (χ0v) is 20.5. The predicted molar refractivity (Wildman–Crippen MR) is 133 cm³/mol. The number of ether oxygens (including phenoxy) is 2. The Bertz CT molecular complexity index is 1210. The topological polar surface area (TPSA) is 66.2 Å². The van der Waals surface area contributed by atoms with Gasteiger partial charge in [-0.05, 0) is 55.5 Å². The third-order valence-corrected chi connectivity index (χ3v) is 6.36. The molecule has 0 saturated carbocycles. The van der Waals surface area contributed by atoms with E-state index in [1.165, 1.54) is 11.8 Å². The SMILES string of the molecule is COc1ccc(OC(C)c2nnc(SCC(=O)c3ccc(Br)cc3)n2-c2ccccc2)cc1. The van der Waals surface area contributed by atoms with Crippen LogP contribution in [0.5, 0.6) is 11.5 Å². The number of rotatable bonds is 9. The molecule has 0 fully saturated rings. The number of benzene rings is 3. The summed E-state index contributed by atoms with van der Waals surface area (Å²) < 4.78 is 14.2. The molecular weight excluding hydrogens is 502 g/mol. The molecule has 0 radical (unpaired) electrons. The Morgan fingerprint density at radius 2 is 1.64 bits per heavy atom. The third kappa shape index (κ3) is 5.64. The van der Waals surface area contributed by atoms with Crippen LogP contribution in [-0.4, -0.2) is 33.4 Å². The van der Waals surface area contributed by atoms with Crippen LogP contribution in [0.15, 0.2) is 88.5 Å². The van der Waals surface area contributed by atoms with Crippen LogP contribution in [-0.2, 0) is 0 Å². The average Bonchev–Trinajstić information content (AvgIpc) is 3.28. The number of carbonyl (C=O) groups excluding carboxylic acids is 1. The minimum absolute atomic E-state index is 0.0270. The number of thioether (sulfide) groups is 1. The summed E-state index contributed by atoms with van der Waals surface area (Å²) in [4.78, 5) is 12.7. The highest BCUT2D eigenvalue weighted by Crippen LogP contribution is 2.29. The molecule has 4 rings (SSSR count). The highest BCUT2D eigenvalue weighted by atomic mass is 79.9. The van der Waals surface area contributed by atoms with Crippen molar-refractivity contribution in [2.24, 2.45) is 0 Å². The van der Waals surface area contributed by atoms with Crippen molar-refractivity contribution in [1.29, 1.82) is 0 Å². The average molecular weight is 524 g/mol. The molecule has 33 heavy (non-hydrogen) atoms. The number of nitrogens with zero attached hydrogens (tertiary/aromatic N) is 3. The van der Waals surface area contributed by atoms with Gasteiger partial charge in [0.05, 0.1) is 12.9 Å². The quantitative estimate of drug-likeness (QED) is 0.193. The van der Waals surface area contributed by atoms with E-state index < -0.39 is 0 Å². The monoisotopic (exact) mass is 523 g/mol. The van der Waals surface area contributed by atoms with E-state index in [0.29, 0.717) is 22.3 Å². The number of hydrogen-bond donors (Lipinski definition) is 0. The molecule has 0 amide bonds. The minimum Gasteiger partial charge on any atom is -0.497 e. The number of halogens is 1. The molecule has 1 aromatic heterocycles. The Morgan fingerprint density at radius 3 is 2.30 bits per heavy atom. The maximum atomic E-state index is 12.7. The highest BCUT2D eigenvalue weighted by molar-refractivity contribution is 9.10. The maximum absolute atomic E-state index is 12.7. The van der Waals surface area contributed by atoms with E-state index in [4.69, 9.17) is 9.47 Å². The molecule has 3 aromatic carbocycles. The largest absolute Gasteiger partial charge is 0.497 e. The molecule has 0 N–H and O–H groups in total. The summed E-state index contributed by atoms with van der Waals surface area (Å²) in [5.74, 6) is 2.39. The fraction of sp³-hybridized carbons (Fsp3) is 0.160. The normalized spacial score (nSPS) is 11.7. The first kappa shape index (κ1) is 23.1. The van der Waals surface area contributed by atoms with Gasteiger partial charge in [-0.3, -0.25) is 9.36 Å². The molecule has 6 nitrogen and oxygen atoms in total. The van der Waals surface area contributed by atoms with Gasteiger partial charge in [-0.2, -0.15) is 0 Å². The lowest BCUT2D eigenvalue weighted by molar-refractivity contribution is 0.102. The molecule has 1 heterocycles. The van der Waals surface area contributed by atoms with Crippen LogP contribution in [0.3, 0.4) is 0 Å². The molecule has 1 unspecified atom stereocenters. The number of hydrogen-bond acceptors (Lipinski definition) is 6. The summed E-state index contributed by atoms with van der Waals surface area (Å²) in [7, 11) is 1.63. The fourth-order valence-electron chi connectivity index (χ4n) is 3.22. The Hall–Kier alpha value is -3.10. The fourth-order valence-corrected chi connectivity index (χ4v) is 4.34. The summed E-state index contributed by atoms with van der Waals surface area (Å²) in [6.07, 6.45) is -0.373. The summed E-state index contributed by atoms with van der Waals surface area (Å²) in [6.45, 7) is 1.93. The first-order valence-electron chi connectivity index (χ1n) is 10.3. The van der Waals surface area contributed by atoms with Crippen molar-refractivity contribution in [3.05, 3.63) is 94.7 Å². The molecule has 8 heteroatoms. The van der Waals surface area contributed by atoms with Crippen molar-refractivity contribution >= 4 is 33.5 Å². The summed E-state index contributed by atoms with van der Waals surface area (Å²) in [5.41, 5.74) is 1.56. The molecule has 4 aromatic rings. The standard InChI is InChI=1S/C25H22BrN3O3S/c1-17(32-22-14-12-21(31-2)13-15-22)24-27-28-25(29(24)20-6-4-3-5-7-20)33-16-23(30)18-8-10-19(26)11-9-18/h3-15,17H,16H2,1-2H3. The highest BCUT2D eigenvalue weighted by Gasteiger charge is 2.22. The van der Waals surface area contributed by atoms with Crippen LogP contribution in [0.4, 0.5) is 0 Å². The second-order valence-electron chi connectivity index (χ2n) is 7.17. The number of ketones is 1. The maximum Gasteiger partial charge on any atom is 0.196 e. The van der Waals surface area contributed by atoms with Gasteiger partial charge in [0.15, 0.2) is 22.9 Å². The molecule has 1 atom stereocenters. The van der Waals surface area contributed by atoms with E-state index in [-0.39, 0.29) is 17.6 Å². The van der Waals surface area contributed by atoms with Gasteiger partial charge in [0.25, 0.3) is 0 Å². The van der Waals surface area contributed by atoms with Crippen molar-refractivity contribution in [3.63, 3.8) is 0 Å². The van der Waals surface area contributed by atoms with E-state index in [2.05, 4.69) is 26.1 Å². The van der Waals surface area contributed by atoms with Crippen molar-refractivity contribution in [3.8, 4) is 17.2 Å². The third-order valence-electron chi connectivity index (χ3n) is 4.91. The Morgan fingerprint density at radius 1 is 0.970 bits per heavy atom. The van der Waals surface area contributed by atoms with Crippen LogP contribution in [0, 0.1) is 0 Å². The smallest absolute Gasteiger partial charge is 0.196 e. The number of para-hydroxylation sites is 1. The molecule has 0 bridgehead atoms. The van der Waals surface area contributed by atoms with Gasteiger partial charge in [-0.15, -0.1) is 10.2 Å². The van der Waals surface area contributed by atoms with Crippen molar-refractivity contribution in [2.45, 2.75) is 18.2 Å². The van der Waals surface area contributed by atoms with Gasteiger partial charge in [-0.25, -0.2) is 0 Å². The Kier molecular flexibility index (Phi) is 7.47. The second-order valence-corrected chi connectivity index (χ2v) is 9.02. The van der Waals surface area contributed by atoms with E-state index in [0.717, 1.165) is 15.9 Å². The molecular formula is C25H22BrN3O3S. The Labute approximate surface area is 205 Å². The van der Waals surface area contributed by atoms with Crippen LogP contribution >= 0.6 is 27.7 Å². The lowest BCUT2D eigenvalue weighted by Gasteiger charge is -2.17. The van der Waals surface area contributed by atoms with Crippen LogP contribution in [0.25, 0.3) is 5.69 Å². The summed E-state index contributed by atoms with van der Waals surface area (Å²) in [5, 5.41) is 9.42. The van der Waals surface area contributed by atoms with Gasteiger partial charge in [0, 0.05) is 15.7 Å². The lowest BCUT2D eigenvalue weighted by atomic mass is 10.2.